The van der Waals surface area contributed by atoms with Crippen LogP contribution in [0.3, 0.4) is 0 Å². The first-order valence-electron chi connectivity index (χ1n) is 9.94. The van der Waals surface area contributed by atoms with Gasteiger partial charge in [-0.3, -0.25) is 4.79 Å². The molecule has 1 spiro atoms. The predicted octanol–water partition coefficient (Wildman–Crippen LogP) is 3.19. The summed E-state index contributed by atoms with van der Waals surface area (Å²) in [5.41, 5.74) is 2.51. The van der Waals surface area contributed by atoms with Crippen LogP contribution in [0, 0.1) is 5.41 Å². The van der Waals surface area contributed by atoms with Gasteiger partial charge in [0.1, 0.15) is 0 Å². The van der Waals surface area contributed by atoms with Gasteiger partial charge >= 0.3 is 0 Å². The quantitative estimate of drug-likeness (QED) is 0.897. The van der Waals surface area contributed by atoms with E-state index in [0.29, 0.717) is 11.3 Å². The van der Waals surface area contributed by atoms with Gasteiger partial charge in [0.2, 0.25) is 0 Å². The van der Waals surface area contributed by atoms with E-state index in [-0.39, 0.29) is 5.91 Å². The minimum atomic E-state index is 0.207. The van der Waals surface area contributed by atoms with Crippen LogP contribution in [0.5, 0.6) is 0 Å². The van der Waals surface area contributed by atoms with Crippen molar-refractivity contribution in [1.29, 1.82) is 0 Å². The summed E-state index contributed by atoms with van der Waals surface area (Å²) in [5.74, 6) is 0.803. The molecule has 1 aromatic rings. The van der Waals surface area contributed by atoms with E-state index in [1.54, 1.807) is 0 Å². The van der Waals surface area contributed by atoms with Crippen LogP contribution in [-0.4, -0.2) is 50.2 Å². The van der Waals surface area contributed by atoms with Crippen molar-refractivity contribution >= 4 is 5.91 Å². The second kappa shape index (κ2) is 7.46. The Morgan fingerprint density at radius 1 is 1.12 bits per heavy atom. The Labute approximate surface area is 150 Å². The van der Waals surface area contributed by atoms with Crippen LogP contribution in [-0.2, 0) is 4.74 Å². The molecule has 1 N–H and O–H groups in total. The van der Waals surface area contributed by atoms with Gasteiger partial charge in [0, 0.05) is 38.4 Å². The molecule has 1 amide bonds. The van der Waals surface area contributed by atoms with Gasteiger partial charge in [-0.05, 0) is 74.1 Å². The number of hydrogen-bond acceptors (Lipinski definition) is 3. The number of likely N-dealkylation sites (tertiary alicyclic amines) is 1. The highest BCUT2D eigenvalue weighted by Crippen LogP contribution is 2.39. The monoisotopic (exact) mass is 342 g/mol. The zero-order chi connectivity index (χ0) is 17.1. The molecule has 136 valence electrons. The fourth-order valence-electron chi connectivity index (χ4n) is 4.81. The zero-order valence-electron chi connectivity index (χ0n) is 15.1. The molecule has 0 bridgehead atoms. The number of rotatable bonds is 2. The van der Waals surface area contributed by atoms with Crippen molar-refractivity contribution in [1.82, 2.24) is 10.2 Å². The Kier molecular flexibility index (Phi) is 5.09. The zero-order valence-corrected chi connectivity index (χ0v) is 15.1. The molecule has 4 rings (SSSR count). The smallest absolute Gasteiger partial charge is 0.253 e. The largest absolute Gasteiger partial charge is 0.381 e. The topological polar surface area (TPSA) is 41.6 Å². The predicted molar refractivity (Wildman–Crippen MR) is 98.9 cm³/mol. The maximum absolute atomic E-state index is 13.0. The lowest BCUT2D eigenvalue weighted by molar-refractivity contribution is -0.0229. The average molecular weight is 342 g/mol. The van der Waals surface area contributed by atoms with Crippen molar-refractivity contribution in [2.24, 2.45) is 5.41 Å². The summed E-state index contributed by atoms with van der Waals surface area (Å²) >= 11 is 0. The minimum Gasteiger partial charge on any atom is -0.381 e. The van der Waals surface area contributed by atoms with Gasteiger partial charge in [0.25, 0.3) is 5.91 Å². The summed E-state index contributed by atoms with van der Waals surface area (Å²) in [7, 11) is 0. The normalized spacial score (nSPS) is 26.6. The molecule has 1 atom stereocenters. The van der Waals surface area contributed by atoms with Crippen LogP contribution in [0.2, 0.25) is 0 Å². The van der Waals surface area contributed by atoms with Crippen molar-refractivity contribution in [3.63, 3.8) is 0 Å². The van der Waals surface area contributed by atoms with Gasteiger partial charge in [0.15, 0.2) is 0 Å². The number of amides is 1. The first kappa shape index (κ1) is 17.0. The SMILES string of the molecule is O=C(c1ccc([C@H]2CCCNC2)cc1)N1CCCC2(CCOCC2)C1. The van der Waals surface area contributed by atoms with E-state index in [1.165, 1.54) is 24.8 Å². The summed E-state index contributed by atoms with van der Waals surface area (Å²) in [4.78, 5) is 15.1. The molecule has 3 aliphatic heterocycles. The summed E-state index contributed by atoms with van der Waals surface area (Å²) < 4.78 is 5.54. The second-order valence-corrected chi connectivity index (χ2v) is 8.11. The van der Waals surface area contributed by atoms with Crippen molar-refractivity contribution in [2.75, 3.05) is 39.4 Å². The van der Waals surface area contributed by atoms with E-state index in [9.17, 15) is 4.79 Å². The van der Waals surface area contributed by atoms with E-state index < -0.39 is 0 Å². The van der Waals surface area contributed by atoms with Crippen LogP contribution in [0.1, 0.15) is 60.4 Å². The third-order valence-electron chi connectivity index (χ3n) is 6.43. The van der Waals surface area contributed by atoms with Crippen LogP contribution in [0.4, 0.5) is 0 Å². The molecule has 0 saturated carbocycles. The molecule has 0 unspecified atom stereocenters. The first-order chi connectivity index (χ1) is 12.3. The number of hydrogen-bond donors (Lipinski definition) is 1. The molecule has 0 aromatic heterocycles. The number of nitrogens with zero attached hydrogens (tertiary/aromatic N) is 1. The highest BCUT2D eigenvalue weighted by atomic mass is 16.5. The maximum atomic E-state index is 13.0. The standard InChI is InChI=1S/C21H30N2O2/c24-20(23-12-2-8-21(16-23)9-13-25-14-10-21)18-6-4-17(5-7-18)19-3-1-11-22-15-19/h4-7,19,22H,1-3,8-16H2/t19-/m0/s1. The summed E-state index contributed by atoms with van der Waals surface area (Å²) in [6, 6.07) is 8.41. The van der Waals surface area contributed by atoms with Gasteiger partial charge in [-0.15, -0.1) is 0 Å². The summed E-state index contributed by atoms with van der Waals surface area (Å²) in [6.07, 6.45) is 7.06. The van der Waals surface area contributed by atoms with Crippen molar-refractivity contribution in [2.45, 2.75) is 44.4 Å². The van der Waals surface area contributed by atoms with E-state index in [1.807, 2.05) is 12.1 Å². The van der Waals surface area contributed by atoms with E-state index in [0.717, 1.165) is 64.2 Å². The molecular weight excluding hydrogens is 312 g/mol. The lowest BCUT2D eigenvalue weighted by Crippen LogP contribution is -2.48. The van der Waals surface area contributed by atoms with Gasteiger partial charge in [0.05, 0.1) is 0 Å². The second-order valence-electron chi connectivity index (χ2n) is 8.11. The fraction of sp³-hybridized carbons (Fsp3) is 0.667. The Morgan fingerprint density at radius 2 is 1.92 bits per heavy atom. The van der Waals surface area contributed by atoms with Crippen LogP contribution in [0.15, 0.2) is 24.3 Å². The average Bonchev–Trinajstić information content (AvgIpc) is 2.69. The Balaban J connectivity index is 1.43. The van der Waals surface area contributed by atoms with Gasteiger partial charge in [-0.25, -0.2) is 0 Å². The number of piperidine rings is 2. The third kappa shape index (κ3) is 3.75. The number of benzene rings is 1. The van der Waals surface area contributed by atoms with Crippen molar-refractivity contribution in [3.05, 3.63) is 35.4 Å². The van der Waals surface area contributed by atoms with E-state index in [2.05, 4.69) is 22.3 Å². The summed E-state index contributed by atoms with van der Waals surface area (Å²) in [5, 5.41) is 3.47. The molecule has 4 heteroatoms. The molecule has 3 fully saturated rings. The van der Waals surface area contributed by atoms with Crippen molar-refractivity contribution < 1.29 is 9.53 Å². The molecule has 0 radical (unpaired) electrons. The Hall–Kier alpha value is -1.39. The van der Waals surface area contributed by atoms with Crippen molar-refractivity contribution in [3.8, 4) is 0 Å². The minimum absolute atomic E-state index is 0.207. The summed E-state index contributed by atoms with van der Waals surface area (Å²) in [6.45, 7) is 5.70. The molecule has 25 heavy (non-hydrogen) atoms. The number of nitrogens with one attached hydrogen (secondary N) is 1. The molecule has 3 heterocycles. The van der Waals surface area contributed by atoms with Gasteiger partial charge in [-0.2, -0.15) is 0 Å². The highest BCUT2D eigenvalue weighted by Gasteiger charge is 2.38. The molecule has 3 aliphatic rings. The first-order valence-corrected chi connectivity index (χ1v) is 9.94. The van der Waals surface area contributed by atoms with E-state index >= 15 is 0 Å². The van der Waals surface area contributed by atoms with Gasteiger partial charge < -0.3 is 15.0 Å². The van der Waals surface area contributed by atoms with Crippen LogP contribution >= 0.6 is 0 Å². The molecule has 1 aromatic carbocycles. The molecule has 4 nitrogen and oxygen atoms in total. The van der Waals surface area contributed by atoms with Crippen LogP contribution < -0.4 is 5.32 Å². The number of carbonyl (C=O) groups excluding carboxylic acids is 1. The molecular formula is C21H30N2O2. The lowest BCUT2D eigenvalue weighted by atomic mass is 9.74. The fourth-order valence-corrected chi connectivity index (χ4v) is 4.81. The lowest BCUT2D eigenvalue weighted by Gasteiger charge is -2.45. The number of ether oxygens (including phenoxy) is 1. The third-order valence-corrected chi connectivity index (χ3v) is 6.43. The highest BCUT2D eigenvalue weighted by molar-refractivity contribution is 5.94. The Bertz CT molecular complexity index is 581. The maximum Gasteiger partial charge on any atom is 0.253 e. The Morgan fingerprint density at radius 3 is 2.64 bits per heavy atom. The molecule has 0 aliphatic carbocycles. The van der Waals surface area contributed by atoms with Crippen LogP contribution in [0.25, 0.3) is 0 Å². The van der Waals surface area contributed by atoms with E-state index in [4.69, 9.17) is 4.74 Å². The van der Waals surface area contributed by atoms with Gasteiger partial charge in [-0.1, -0.05) is 12.1 Å². The molecule has 3 saturated heterocycles. The number of carbonyl (C=O) groups is 1.